The van der Waals surface area contributed by atoms with E-state index in [9.17, 15) is 9.50 Å². The Bertz CT molecular complexity index is 944. The molecule has 0 saturated carbocycles. The van der Waals surface area contributed by atoms with Crippen LogP contribution in [-0.4, -0.2) is 60.7 Å². The molecule has 2 heterocycles. The van der Waals surface area contributed by atoms with Gasteiger partial charge in [0, 0.05) is 36.7 Å². The second-order valence-corrected chi connectivity index (χ2v) is 7.41. The number of aliphatic hydroxyl groups excluding tert-OH is 1. The summed E-state index contributed by atoms with van der Waals surface area (Å²) in [6.45, 7) is 2.47. The number of halogens is 1. The zero-order valence-electron chi connectivity index (χ0n) is 16.4. The SMILES string of the molecule is COCC1CCCN1C[C@@H](O)COc1ccc(-c2onc3cc(F)ccc23)cc1. The Morgan fingerprint density at radius 3 is 2.90 bits per heavy atom. The van der Waals surface area contributed by atoms with Gasteiger partial charge in [-0.15, -0.1) is 0 Å². The van der Waals surface area contributed by atoms with Gasteiger partial charge >= 0.3 is 0 Å². The quantitative estimate of drug-likeness (QED) is 0.624. The van der Waals surface area contributed by atoms with Gasteiger partial charge in [0.15, 0.2) is 5.76 Å². The lowest BCUT2D eigenvalue weighted by molar-refractivity contribution is 0.0459. The van der Waals surface area contributed by atoms with E-state index >= 15 is 0 Å². The molecule has 154 valence electrons. The van der Waals surface area contributed by atoms with Crippen molar-refractivity contribution in [1.29, 1.82) is 0 Å². The van der Waals surface area contributed by atoms with Crippen LogP contribution in [0.2, 0.25) is 0 Å². The summed E-state index contributed by atoms with van der Waals surface area (Å²) in [4.78, 5) is 2.26. The monoisotopic (exact) mass is 400 g/mol. The highest BCUT2D eigenvalue weighted by atomic mass is 19.1. The Morgan fingerprint density at radius 1 is 1.28 bits per heavy atom. The molecule has 0 bridgehead atoms. The normalized spacial score (nSPS) is 18.4. The predicted molar refractivity (Wildman–Crippen MR) is 107 cm³/mol. The minimum absolute atomic E-state index is 0.222. The van der Waals surface area contributed by atoms with E-state index in [0.29, 0.717) is 36.2 Å². The van der Waals surface area contributed by atoms with E-state index in [0.717, 1.165) is 30.3 Å². The van der Waals surface area contributed by atoms with Gasteiger partial charge < -0.3 is 19.1 Å². The van der Waals surface area contributed by atoms with Crippen molar-refractivity contribution in [2.45, 2.75) is 25.0 Å². The Balaban J connectivity index is 1.34. The number of hydrogen-bond donors (Lipinski definition) is 1. The molecule has 2 aromatic carbocycles. The molecule has 0 radical (unpaired) electrons. The van der Waals surface area contributed by atoms with Crippen LogP contribution in [-0.2, 0) is 4.74 Å². The first-order valence-corrected chi connectivity index (χ1v) is 9.83. The second kappa shape index (κ2) is 8.90. The molecule has 1 saturated heterocycles. The lowest BCUT2D eigenvalue weighted by Gasteiger charge is -2.26. The molecule has 6 nitrogen and oxygen atoms in total. The fourth-order valence-corrected chi connectivity index (χ4v) is 3.86. The molecule has 1 unspecified atom stereocenters. The minimum atomic E-state index is -0.569. The lowest BCUT2D eigenvalue weighted by Crippen LogP contribution is -2.40. The highest BCUT2D eigenvalue weighted by Crippen LogP contribution is 2.30. The molecule has 1 aliphatic rings. The number of hydrogen-bond acceptors (Lipinski definition) is 6. The molecular weight excluding hydrogens is 375 g/mol. The maximum Gasteiger partial charge on any atom is 0.174 e. The van der Waals surface area contributed by atoms with Crippen LogP contribution in [0.1, 0.15) is 12.8 Å². The molecule has 1 N–H and O–H groups in total. The Hall–Kier alpha value is -2.48. The van der Waals surface area contributed by atoms with Crippen LogP contribution >= 0.6 is 0 Å². The van der Waals surface area contributed by atoms with Gasteiger partial charge in [-0.05, 0) is 55.8 Å². The van der Waals surface area contributed by atoms with Gasteiger partial charge in [-0.1, -0.05) is 5.16 Å². The van der Waals surface area contributed by atoms with Gasteiger partial charge in [-0.2, -0.15) is 0 Å². The molecule has 4 rings (SSSR count). The van der Waals surface area contributed by atoms with Crippen LogP contribution in [0.5, 0.6) is 5.75 Å². The van der Waals surface area contributed by atoms with Gasteiger partial charge in [0.05, 0.1) is 6.61 Å². The first-order valence-electron chi connectivity index (χ1n) is 9.83. The molecule has 0 aliphatic carbocycles. The molecule has 2 atom stereocenters. The number of β-amino-alcohol motifs (C(OH)–C–C–N with tert-alkyl or cyclic N) is 1. The molecule has 29 heavy (non-hydrogen) atoms. The van der Waals surface area contributed by atoms with Crippen molar-refractivity contribution in [1.82, 2.24) is 10.1 Å². The third-order valence-electron chi connectivity index (χ3n) is 5.30. The molecule has 7 heteroatoms. The van der Waals surface area contributed by atoms with Gasteiger partial charge in [-0.25, -0.2) is 4.39 Å². The summed E-state index contributed by atoms with van der Waals surface area (Å²) in [5.41, 5.74) is 1.31. The fraction of sp³-hybridized carbons (Fsp3) is 0.409. The first-order chi connectivity index (χ1) is 14.1. The largest absolute Gasteiger partial charge is 0.491 e. The topological polar surface area (TPSA) is 68.0 Å². The van der Waals surface area contributed by atoms with Gasteiger partial charge in [0.1, 0.15) is 29.8 Å². The van der Waals surface area contributed by atoms with Crippen molar-refractivity contribution in [3.8, 4) is 17.1 Å². The van der Waals surface area contributed by atoms with E-state index in [1.165, 1.54) is 12.1 Å². The van der Waals surface area contributed by atoms with E-state index in [-0.39, 0.29) is 12.4 Å². The first kappa shape index (κ1) is 19.8. The Labute approximate surface area is 168 Å². The van der Waals surface area contributed by atoms with Crippen LogP contribution in [0.3, 0.4) is 0 Å². The van der Waals surface area contributed by atoms with E-state index in [1.807, 2.05) is 24.3 Å². The van der Waals surface area contributed by atoms with Crippen molar-refractivity contribution in [2.24, 2.45) is 0 Å². The molecule has 3 aromatic rings. The molecule has 0 amide bonds. The molecule has 1 aliphatic heterocycles. The average Bonchev–Trinajstić information content (AvgIpc) is 3.34. The van der Waals surface area contributed by atoms with E-state index in [2.05, 4.69) is 10.1 Å². The highest BCUT2D eigenvalue weighted by molar-refractivity contribution is 5.91. The van der Waals surface area contributed by atoms with Crippen LogP contribution in [0.25, 0.3) is 22.2 Å². The highest BCUT2D eigenvalue weighted by Gasteiger charge is 2.26. The summed E-state index contributed by atoms with van der Waals surface area (Å²) in [5, 5.41) is 15.0. The number of ether oxygens (including phenoxy) is 2. The summed E-state index contributed by atoms with van der Waals surface area (Å²) < 4.78 is 29.7. The third-order valence-corrected chi connectivity index (χ3v) is 5.30. The van der Waals surface area contributed by atoms with Crippen molar-refractivity contribution < 1.29 is 23.5 Å². The molecule has 1 aromatic heterocycles. The number of aliphatic hydroxyl groups is 1. The predicted octanol–water partition coefficient (Wildman–Crippen LogP) is 3.48. The van der Waals surface area contributed by atoms with Crippen LogP contribution < -0.4 is 4.74 Å². The fourth-order valence-electron chi connectivity index (χ4n) is 3.86. The van der Waals surface area contributed by atoms with Crippen molar-refractivity contribution >= 4 is 10.9 Å². The molecular formula is C22H25FN2O4. The van der Waals surface area contributed by atoms with Crippen molar-refractivity contribution in [3.63, 3.8) is 0 Å². The molecule has 1 fully saturated rings. The Morgan fingerprint density at radius 2 is 2.10 bits per heavy atom. The number of likely N-dealkylation sites (tertiary alicyclic amines) is 1. The number of benzene rings is 2. The van der Waals surface area contributed by atoms with Gasteiger partial charge in [0.2, 0.25) is 0 Å². The second-order valence-electron chi connectivity index (χ2n) is 7.41. The maximum absolute atomic E-state index is 13.3. The number of fused-ring (bicyclic) bond motifs is 1. The van der Waals surface area contributed by atoms with Crippen LogP contribution in [0, 0.1) is 5.82 Å². The maximum atomic E-state index is 13.3. The van der Waals surface area contributed by atoms with Crippen LogP contribution in [0.15, 0.2) is 47.0 Å². The summed E-state index contributed by atoms with van der Waals surface area (Å²) in [6.07, 6.45) is 1.66. The minimum Gasteiger partial charge on any atom is -0.491 e. The lowest BCUT2D eigenvalue weighted by atomic mass is 10.1. The summed E-state index contributed by atoms with van der Waals surface area (Å²) in [6, 6.07) is 12.1. The van der Waals surface area contributed by atoms with E-state index < -0.39 is 6.10 Å². The van der Waals surface area contributed by atoms with Gasteiger partial charge in [0.25, 0.3) is 0 Å². The smallest absolute Gasteiger partial charge is 0.174 e. The van der Waals surface area contributed by atoms with E-state index in [4.69, 9.17) is 14.0 Å². The van der Waals surface area contributed by atoms with E-state index in [1.54, 1.807) is 13.2 Å². The standard InChI is InChI=1S/C22H25FN2O4/c1-27-13-17-3-2-10-25(17)12-18(26)14-28-19-7-4-15(5-8-19)22-20-9-6-16(23)11-21(20)24-29-22/h4-9,11,17-18,26H,2-3,10,12-14H2,1H3/t17?,18-/m1/s1. The zero-order valence-corrected chi connectivity index (χ0v) is 16.4. The molecule has 0 spiro atoms. The number of methoxy groups -OCH3 is 1. The van der Waals surface area contributed by atoms with Crippen molar-refractivity contribution in [2.75, 3.05) is 33.4 Å². The average molecular weight is 400 g/mol. The number of aromatic nitrogens is 1. The third kappa shape index (κ3) is 4.58. The summed E-state index contributed by atoms with van der Waals surface area (Å²) in [5.74, 6) is 0.907. The van der Waals surface area contributed by atoms with Crippen LogP contribution in [0.4, 0.5) is 4.39 Å². The number of rotatable bonds is 8. The summed E-state index contributed by atoms with van der Waals surface area (Å²) in [7, 11) is 1.71. The zero-order chi connectivity index (χ0) is 20.2. The van der Waals surface area contributed by atoms with Gasteiger partial charge in [-0.3, -0.25) is 4.90 Å². The van der Waals surface area contributed by atoms with Crippen molar-refractivity contribution in [3.05, 3.63) is 48.3 Å². The number of nitrogens with zero attached hydrogens (tertiary/aromatic N) is 2. The summed E-state index contributed by atoms with van der Waals surface area (Å²) >= 11 is 0. The Kier molecular flexibility index (Phi) is 6.08.